The lowest BCUT2D eigenvalue weighted by atomic mass is 9.94. The first-order valence-electron chi connectivity index (χ1n) is 18.0. The predicted octanol–water partition coefficient (Wildman–Crippen LogP) is 5.70. The number of likely N-dealkylation sites (tertiary alicyclic amines) is 1. The number of nitrogens with one attached hydrogen (secondary N) is 5. The second kappa shape index (κ2) is 22.4. The van der Waals surface area contributed by atoms with Crippen LogP contribution in [0, 0.1) is 17.8 Å². The highest BCUT2D eigenvalue weighted by Crippen LogP contribution is 2.32. The van der Waals surface area contributed by atoms with Crippen molar-refractivity contribution in [3.05, 3.63) is 89.2 Å². The summed E-state index contributed by atoms with van der Waals surface area (Å²) < 4.78 is 0. The Hall–Kier alpha value is -4.23. The lowest BCUT2D eigenvalue weighted by molar-refractivity contribution is -0.131. The third-order valence-electron chi connectivity index (χ3n) is 8.81. The van der Waals surface area contributed by atoms with Gasteiger partial charge in [0.15, 0.2) is 0 Å². The highest BCUT2D eigenvalue weighted by molar-refractivity contribution is 5.84. The predicted molar refractivity (Wildman–Crippen MR) is 201 cm³/mol. The molecule has 0 saturated carbocycles. The Bertz CT molecular complexity index is 1340. The van der Waals surface area contributed by atoms with Gasteiger partial charge in [-0.05, 0) is 57.4 Å². The Kier molecular flexibility index (Phi) is 18.7. The number of carbonyl (C=O) groups is 3. The summed E-state index contributed by atoms with van der Waals surface area (Å²) in [6.07, 6.45) is 10.8. The van der Waals surface area contributed by atoms with Crippen LogP contribution in [0.2, 0.25) is 0 Å². The van der Waals surface area contributed by atoms with E-state index < -0.39 is 6.04 Å². The minimum Gasteiger partial charge on any atom is -0.387 e. The summed E-state index contributed by atoms with van der Waals surface area (Å²) in [6.45, 7) is 20.5. The van der Waals surface area contributed by atoms with Crippen molar-refractivity contribution in [2.75, 3.05) is 32.7 Å². The Morgan fingerprint density at radius 3 is 2.16 bits per heavy atom. The highest BCUT2D eigenvalue weighted by atomic mass is 16.2. The molecule has 9 heteroatoms. The fourth-order valence-corrected chi connectivity index (χ4v) is 5.65. The molecular formula is C40H62N6O3. The summed E-state index contributed by atoms with van der Waals surface area (Å²) in [6, 6.07) is 9.41. The van der Waals surface area contributed by atoms with Gasteiger partial charge >= 0.3 is 0 Å². The Labute approximate surface area is 295 Å². The van der Waals surface area contributed by atoms with Gasteiger partial charge in [0, 0.05) is 48.9 Å². The molecule has 1 heterocycles. The largest absolute Gasteiger partial charge is 0.387 e. The summed E-state index contributed by atoms with van der Waals surface area (Å²) in [7, 11) is 0. The zero-order chi connectivity index (χ0) is 36.2. The molecule has 9 nitrogen and oxygen atoms in total. The number of hydrogen-bond acceptors (Lipinski definition) is 6. The van der Waals surface area contributed by atoms with E-state index in [2.05, 4.69) is 66.6 Å². The Balaban J connectivity index is 1.82. The molecule has 1 saturated heterocycles. The van der Waals surface area contributed by atoms with Gasteiger partial charge in [0.1, 0.15) is 6.04 Å². The van der Waals surface area contributed by atoms with Gasteiger partial charge < -0.3 is 31.5 Å². The normalized spacial score (nSPS) is 16.1. The molecule has 3 amide bonds. The van der Waals surface area contributed by atoms with Crippen molar-refractivity contribution in [3.63, 3.8) is 0 Å². The first-order chi connectivity index (χ1) is 23.5. The molecule has 1 unspecified atom stereocenters. The van der Waals surface area contributed by atoms with Crippen LogP contribution in [0.3, 0.4) is 0 Å². The van der Waals surface area contributed by atoms with E-state index in [1.54, 1.807) is 0 Å². The standard InChI is InChI=1S/C40H62N6O3/c1-9-32(21-17-14-18-22-46-35(12-4)24-36(30(7)8)40(46)49)42-28-38(47)43-27-34(11-3)45-37(23-31-19-15-13-16-20-31)39(48)44-26-33(10-2)41-25-29(5)6/h9-11,13,15-16,19-20,29-30,36-37,41-42,45H,4,14,17-18,21-28H2,1-3,5-8H3,(H,43,47)(H,44,48)/b32-9-,33-10-,34-11-/t36?,37-/m0/s1. The molecule has 0 radical (unpaired) electrons. The topological polar surface area (TPSA) is 115 Å². The summed E-state index contributed by atoms with van der Waals surface area (Å²) >= 11 is 0. The minimum absolute atomic E-state index is 0.0305. The van der Waals surface area contributed by atoms with E-state index in [0.29, 0.717) is 31.3 Å². The fourth-order valence-electron chi connectivity index (χ4n) is 5.65. The summed E-state index contributed by atoms with van der Waals surface area (Å²) in [5, 5.41) is 16.1. The Morgan fingerprint density at radius 2 is 1.55 bits per heavy atom. The molecule has 1 aliphatic rings. The third-order valence-corrected chi connectivity index (χ3v) is 8.81. The minimum atomic E-state index is -0.513. The highest BCUT2D eigenvalue weighted by Gasteiger charge is 2.36. The van der Waals surface area contributed by atoms with E-state index in [-0.39, 0.29) is 36.7 Å². The van der Waals surface area contributed by atoms with Crippen molar-refractivity contribution in [2.24, 2.45) is 17.8 Å². The molecule has 1 aromatic carbocycles. The zero-order valence-corrected chi connectivity index (χ0v) is 31.1. The van der Waals surface area contributed by atoms with Crippen LogP contribution in [0.5, 0.6) is 0 Å². The van der Waals surface area contributed by atoms with Gasteiger partial charge in [0.05, 0.1) is 25.3 Å². The molecule has 0 aliphatic carbocycles. The van der Waals surface area contributed by atoms with Crippen molar-refractivity contribution in [1.29, 1.82) is 0 Å². The molecule has 270 valence electrons. The van der Waals surface area contributed by atoms with Crippen molar-refractivity contribution in [3.8, 4) is 0 Å². The number of rotatable bonds is 22. The summed E-state index contributed by atoms with van der Waals surface area (Å²) in [5.74, 6) is 0.796. The first kappa shape index (κ1) is 40.9. The molecule has 0 aromatic heterocycles. The number of unbranched alkanes of at least 4 members (excludes halogenated alkanes) is 2. The molecule has 0 bridgehead atoms. The maximum Gasteiger partial charge on any atom is 0.243 e. The van der Waals surface area contributed by atoms with E-state index in [0.717, 1.165) is 67.0 Å². The first-order valence-corrected chi connectivity index (χ1v) is 18.0. The zero-order valence-electron chi connectivity index (χ0n) is 31.1. The van der Waals surface area contributed by atoms with Gasteiger partial charge in [-0.15, -0.1) is 5.73 Å². The second-order valence-electron chi connectivity index (χ2n) is 13.4. The van der Waals surface area contributed by atoms with Crippen LogP contribution in [0.1, 0.15) is 86.1 Å². The van der Waals surface area contributed by atoms with Crippen LogP contribution in [0.4, 0.5) is 0 Å². The lowest BCUT2D eigenvalue weighted by Crippen LogP contribution is -2.48. The van der Waals surface area contributed by atoms with E-state index in [9.17, 15) is 14.4 Å². The van der Waals surface area contributed by atoms with Crippen LogP contribution in [0.15, 0.2) is 83.7 Å². The number of amides is 3. The van der Waals surface area contributed by atoms with E-state index >= 15 is 0 Å². The van der Waals surface area contributed by atoms with Crippen LogP contribution in [-0.2, 0) is 20.8 Å². The van der Waals surface area contributed by atoms with Crippen molar-refractivity contribution in [1.82, 2.24) is 31.5 Å². The quantitative estimate of drug-likeness (QED) is 0.0797. The number of benzene rings is 1. The second-order valence-corrected chi connectivity index (χ2v) is 13.4. The average molecular weight is 675 g/mol. The molecule has 1 fully saturated rings. The van der Waals surface area contributed by atoms with Gasteiger partial charge in [0.2, 0.25) is 17.7 Å². The molecule has 0 spiro atoms. The van der Waals surface area contributed by atoms with Crippen LogP contribution in [-0.4, -0.2) is 61.4 Å². The van der Waals surface area contributed by atoms with Gasteiger partial charge in [0.25, 0.3) is 0 Å². The van der Waals surface area contributed by atoms with Crippen molar-refractivity contribution in [2.45, 2.75) is 93.0 Å². The summed E-state index contributed by atoms with van der Waals surface area (Å²) in [4.78, 5) is 40.9. The SMILES string of the molecule is C=C=C1CC(C(C)C)C(=O)N1CCCCC/C(=C/C)NCC(=O)NC/C(=C/C)N[C@@H](Cc1ccccc1)C(=O)NC/C(=C/C)NCC(C)C. The van der Waals surface area contributed by atoms with Crippen LogP contribution in [0.25, 0.3) is 0 Å². The van der Waals surface area contributed by atoms with Gasteiger partial charge in [-0.3, -0.25) is 14.4 Å². The van der Waals surface area contributed by atoms with E-state index in [4.69, 9.17) is 0 Å². The molecule has 49 heavy (non-hydrogen) atoms. The number of allylic oxidation sites excluding steroid dienone is 5. The molecular weight excluding hydrogens is 612 g/mol. The van der Waals surface area contributed by atoms with Crippen molar-refractivity contribution >= 4 is 17.7 Å². The maximum absolute atomic E-state index is 13.4. The van der Waals surface area contributed by atoms with E-state index in [1.807, 2.05) is 74.2 Å². The van der Waals surface area contributed by atoms with Crippen molar-refractivity contribution < 1.29 is 14.4 Å². The van der Waals surface area contributed by atoms with E-state index in [1.165, 1.54) is 0 Å². The Morgan fingerprint density at radius 1 is 0.878 bits per heavy atom. The monoisotopic (exact) mass is 674 g/mol. The smallest absolute Gasteiger partial charge is 0.243 e. The maximum atomic E-state index is 13.4. The van der Waals surface area contributed by atoms with Crippen LogP contribution >= 0.6 is 0 Å². The van der Waals surface area contributed by atoms with Gasteiger partial charge in [-0.1, -0.05) is 89.3 Å². The molecule has 1 aliphatic heterocycles. The molecule has 2 atom stereocenters. The molecule has 5 N–H and O–H groups in total. The molecule has 1 aromatic rings. The third kappa shape index (κ3) is 14.8. The summed E-state index contributed by atoms with van der Waals surface area (Å²) in [5.41, 5.74) is 7.70. The number of nitrogens with zero attached hydrogens (tertiary/aromatic N) is 1. The van der Waals surface area contributed by atoms with Gasteiger partial charge in [-0.2, -0.15) is 0 Å². The van der Waals surface area contributed by atoms with Gasteiger partial charge in [-0.25, -0.2) is 0 Å². The van der Waals surface area contributed by atoms with Crippen LogP contribution < -0.4 is 26.6 Å². The fraction of sp³-hybridized carbons (Fsp3) is 0.550. The average Bonchev–Trinajstić information content (AvgIpc) is 3.42. The number of hydrogen-bond donors (Lipinski definition) is 5. The lowest BCUT2D eigenvalue weighted by Gasteiger charge is -2.23. The molecule has 2 rings (SSSR count). The number of carbonyl (C=O) groups excluding carboxylic acids is 3.